The molecule has 0 bridgehead atoms. The van der Waals surface area contributed by atoms with E-state index in [-0.39, 0.29) is 17.7 Å². The normalized spacial score (nSPS) is 16.7. The van der Waals surface area contributed by atoms with Gasteiger partial charge >= 0.3 is 0 Å². The van der Waals surface area contributed by atoms with Gasteiger partial charge in [-0.2, -0.15) is 10.2 Å². The Balaban J connectivity index is 1.10. The van der Waals surface area contributed by atoms with Crippen LogP contribution in [0.15, 0.2) is 67.0 Å². The summed E-state index contributed by atoms with van der Waals surface area (Å²) in [6.45, 7) is 2.83. The fourth-order valence-corrected chi connectivity index (χ4v) is 4.73. The third kappa shape index (κ3) is 4.89. The fourth-order valence-electron chi connectivity index (χ4n) is 4.60. The number of halogens is 1. The number of nitrogens with zero attached hydrogens (tertiary/aromatic N) is 4. The summed E-state index contributed by atoms with van der Waals surface area (Å²) in [6.07, 6.45) is 5.22. The largest absolute Gasteiger partial charge is 0.368 e. The van der Waals surface area contributed by atoms with Crippen molar-refractivity contribution < 1.29 is 9.59 Å². The summed E-state index contributed by atoms with van der Waals surface area (Å²) in [7, 11) is 0. The monoisotopic (exact) mass is 475 g/mol. The van der Waals surface area contributed by atoms with Gasteiger partial charge in [0, 0.05) is 42.5 Å². The maximum Gasteiger partial charge on any atom is 0.253 e. The summed E-state index contributed by atoms with van der Waals surface area (Å²) in [4.78, 5) is 29.3. The molecule has 2 amide bonds. The molecule has 174 valence electrons. The van der Waals surface area contributed by atoms with Gasteiger partial charge in [-0.1, -0.05) is 23.7 Å². The van der Waals surface area contributed by atoms with Gasteiger partial charge in [0.2, 0.25) is 5.91 Å². The topological polar surface area (TPSA) is 78.4 Å². The lowest BCUT2D eigenvalue weighted by atomic mass is 9.89. The molecule has 3 heterocycles. The summed E-state index contributed by atoms with van der Waals surface area (Å²) in [5, 5.41) is 11.3. The molecule has 5 rings (SSSR count). The molecule has 0 saturated carbocycles. The predicted octanol–water partition coefficient (Wildman–Crippen LogP) is 4.22. The maximum atomic E-state index is 12.7. The zero-order valence-corrected chi connectivity index (χ0v) is 19.5. The highest BCUT2D eigenvalue weighted by Gasteiger charge is 2.33. The molecule has 2 aromatic carbocycles. The Hall–Kier alpha value is -3.45. The van der Waals surface area contributed by atoms with Crippen molar-refractivity contribution in [3.05, 3.63) is 83.1 Å². The van der Waals surface area contributed by atoms with Gasteiger partial charge in [-0.05, 0) is 66.8 Å². The van der Waals surface area contributed by atoms with Gasteiger partial charge in [0.05, 0.1) is 24.0 Å². The third-order valence-electron chi connectivity index (χ3n) is 6.71. The second-order valence-corrected chi connectivity index (χ2v) is 9.32. The van der Waals surface area contributed by atoms with Crippen molar-refractivity contribution >= 4 is 34.8 Å². The molecule has 0 aliphatic carbocycles. The van der Waals surface area contributed by atoms with Crippen molar-refractivity contribution in [1.29, 1.82) is 0 Å². The van der Waals surface area contributed by atoms with Crippen LogP contribution in [0.3, 0.4) is 0 Å². The van der Waals surface area contributed by atoms with Crippen molar-refractivity contribution in [2.45, 2.75) is 18.8 Å². The molecule has 8 heteroatoms. The first-order valence-electron chi connectivity index (χ1n) is 11.5. The van der Waals surface area contributed by atoms with Gasteiger partial charge in [-0.3, -0.25) is 9.59 Å². The SMILES string of the molecule is O=C(Nc1ccc(C2CCN(C(=O)c3ccc(Cl)cc3)CC2)cc1)C1CN(c2ccnnc2)C1. The first-order valence-corrected chi connectivity index (χ1v) is 11.9. The van der Waals surface area contributed by atoms with Crippen LogP contribution in [-0.4, -0.2) is 53.1 Å². The van der Waals surface area contributed by atoms with Gasteiger partial charge in [0.15, 0.2) is 0 Å². The highest BCUT2D eigenvalue weighted by Crippen LogP contribution is 2.30. The molecule has 2 aliphatic rings. The van der Waals surface area contributed by atoms with E-state index < -0.39 is 0 Å². The lowest BCUT2D eigenvalue weighted by molar-refractivity contribution is -0.120. The Kier molecular flexibility index (Phi) is 6.45. The number of likely N-dealkylation sites (tertiary alicyclic amines) is 1. The van der Waals surface area contributed by atoms with Crippen LogP contribution < -0.4 is 10.2 Å². The zero-order valence-electron chi connectivity index (χ0n) is 18.7. The molecule has 3 aromatic rings. The van der Waals surface area contributed by atoms with E-state index in [4.69, 9.17) is 11.6 Å². The van der Waals surface area contributed by atoms with Crippen LogP contribution in [0.4, 0.5) is 11.4 Å². The number of piperidine rings is 1. The van der Waals surface area contributed by atoms with E-state index in [1.807, 2.05) is 23.1 Å². The second-order valence-electron chi connectivity index (χ2n) is 8.89. The van der Waals surface area contributed by atoms with Crippen molar-refractivity contribution in [3.8, 4) is 0 Å². The molecule has 0 atom stereocenters. The van der Waals surface area contributed by atoms with Gasteiger partial charge < -0.3 is 15.1 Å². The van der Waals surface area contributed by atoms with Crippen LogP contribution in [0.25, 0.3) is 0 Å². The standard InChI is InChI=1S/C26H26ClN5O2/c27-22-5-1-20(2-6-22)26(34)31-13-10-19(11-14-31)18-3-7-23(8-4-18)30-25(33)21-16-32(17-21)24-9-12-28-29-15-24/h1-9,12,15,19,21H,10-11,13-14,16-17H2,(H,30,33). The molecule has 34 heavy (non-hydrogen) atoms. The first-order chi connectivity index (χ1) is 16.6. The number of amides is 2. The van der Waals surface area contributed by atoms with E-state index >= 15 is 0 Å². The van der Waals surface area contributed by atoms with E-state index in [0.29, 0.717) is 29.6 Å². The quantitative estimate of drug-likeness (QED) is 0.597. The Morgan fingerprint density at radius 3 is 2.26 bits per heavy atom. The molecule has 2 aliphatic heterocycles. The lowest BCUT2D eigenvalue weighted by Gasteiger charge is -2.39. The van der Waals surface area contributed by atoms with Crippen LogP contribution in [-0.2, 0) is 4.79 Å². The summed E-state index contributed by atoms with van der Waals surface area (Å²) in [6, 6.07) is 17.1. The van der Waals surface area contributed by atoms with E-state index in [9.17, 15) is 9.59 Å². The average Bonchev–Trinajstić information content (AvgIpc) is 2.84. The molecular weight excluding hydrogens is 450 g/mol. The van der Waals surface area contributed by atoms with Crippen LogP contribution in [0.5, 0.6) is 0 Å². The third-order valence-corrected chi connectivity index (χ3v) is 6.96. The summed E-state index contributed by atoms with van der Waals surface area (Å²) in [5.41, 5.74) is 3.73. The zero-order chi connectivity index (χ0) is 23.5. The lowest BCUT2D eigenvalue weighted by Crippen LogP contribution is -2.52. The summed E-state index contributed by atoms with van der Waals surface area (Å²) in [5.74, 6) is 0.478. The van der Waals surface area contributed by atoms with Crippen LogP contribution in [0.1, 0.15) is 34.7 Å². The number of benzene rings is 2. The molecular formula is C26H26ClN5O2. The predicted molar refractivity (Wildman–Crippen MR) is 132 cm³/mol. The van der Waals surface area contributed by atoms with E-state index in [1.54, 1.807) is 36.7 Å². The van der Waals surface area contributed by atoms with Crippen LogP contribution >= 0.6 is 11.6 Å². The number of aromatic nitrogens is 2. The molecule has 1 aromatic heterocycles. The fraction of sp³-hybridized carbons (Fsp3) is 0.308. The van der Waals surface area contributed by atoms with Gasteiger partial charge in [-0.25, -0.2) is 0 Å². The Bertz CT molecular complexity index is 1140. The Morgan fingerprint density at radius 1 is 0.912 bits per heavy atom. The number of hydrogen-bond donors (Lipinski definition) is 1. The molecule has 2 fully saturated rings. The summed E-state index contributed by atoms with van der Waals surface area (Å²) < 4.78 is 0. The minimum atomic E-state index is -0.0321. The average molecular weight is 476 g/mol. The molecule has 2 saturated heterocycles. The van der Waals surface area contributed by atoms with Crippen molar-refractivity contribution in [1.82, 2.24) is 15.1 Å². The smallest absolute Gasteiger partial charge is 0.253 e. The molecule has 0 unspecified atom stereocenters. The molecule has 1 N–H and O–H groups in total. The van der Waals surface area contributed by atoms with Crippen molar-refractivity contribution in [3.63, 3.8) is 0 Å². The van der Waals surface area contributed by atoms with E-state index in [2.05, 4.69) is 32.5 Å². The molecule has 0 radical (unpaired) electrons. The number of anilines is 2. The molecule has 7 nitrogen and oxygen atoms in total. The van der Waals surface area contributed by atoms with E-state index in [0.717, 1.165) is 37.3 Å². The van der Waals surface area contributed by atoms with Crippen molar-refractivity contribution in [2.75, 3.05) is 36.4 Å². The van der Waals surface area contributed by atoms with Crippen LogP contribution in [0, 0.1) is 5.92 Å². The minimum absolute atomic E-state index is 0.0321. The number of carbonyl (C=O) groups is 2. The second kappa shape index (κ2) is 9.81. The number of hydrogen-bond acceptors (Lipinski definition) is 5. The number of carbonyl (C=O) groups excluding carboxylic acids is 2. The van der Waals surface area contributed by atoms with Gasteiger partial charge in [-0.15, -0.1) is 0 Å². The van der Waals surface area contributed by atoms with Gasteiger partial charge in [0.1, 0.15) is 0 Å². The maximum absolute atomic E-state index is 12.7. The minimum Gasteiger partial charge on any atom is -0.368 e. The van der Waals surface area contributed by atoms with E-state index in [1.165, 1.54) is 5.56 Å². The van der Waals surface area contributed by atoms with Gasteiger partial charge in [0.25, 0.3) is 5.91 Å². The Labute approximate surface area is 203 Å². The van der Waals surface area contributed by atoms with Crippen molar-refractivity contribution in [2.24, 2.45) is 5.92 Å². The number of nitrogens with one attached hydrogen (secondary N) is 1. The highest BCUT2D eigenvalue weighted by molar-refractivity contribution is 6.30. The summed E-state index contributed by atoms with van der Waals surface area (Å²) >= 11 is 5.93. The Morgan fingerprint density at radius 2 is 1.62 bits per heavy atom. The molecule has 0 spiro atoms. The highest BCUT2D eigenvalue weighted by atomic mass is 35.5. The first kappa shape index (κ1) is 22.3. The number of rotatable bonds is 5. The van der Waals surface area contributed by atoms with Crippen LogP contribution in [0.2, 0.25) is 5.02 Å².